The minimum atomic E-state index is -0.0291. The Morgan fingerprint density at radius 3 is 2.79 bits per heavy atom. The van der Waals surface area contributed by atoms with Gasteiger partial charge < -0.3 is 10.2 Å². The number of rotatable bonds is 8. The summed E-state index contributed by atoms with van der Waals surface area (Å²) in [5.41, 5.74) is 4.46. The zero-order chi connectivity index (χ0) is 19.9. The van der Waals surface area contributed by atoms with Crippen LogP contribution in [0.25, 0.3) is 5.69 Å². The summed E-state index contributed by atoms with van der Waals surface area (Å²) in [7, 11) is 4.00. The molecule has 0 aliphatic carbocycles. The minimum Gasteiger partial charge on any atom is -0.378 e. The van der Waals surface area contributed by atoms with E-state index in [9.17, 15) is 4.79 Å². The van der Waals surface area contributed by atoms with Crippen molar-refractivity contribution >= 4 is 23.4 Å². The SMILES string of the molecule is CCc1ccccc1-n1cnnc1SCC(=O)NCc1cccc(N(C)C)c1. The molecule has 0 unspecified atom stereocenters. The number of carbonyl (C=O) groups is 1. The molecule has 7 heteroatoms. The van der Waals surface area contributed by atoms with Crippen molar-refractivity contribution in [1.29, 1.82) is 0 Å². The van der Waals surface area contributed by atoms with Crippen LogP contribution in [0.1, 0.15) is 18.1 Å². The molecule has 1 N–H and O–H groups in total. The molecule has 2 aromatic carbocycles. The summed E-state index contributed by atoms with van der Waals surface area (Å²) >= 11 is 1.39. The minimum absolute atomic E-state index is 0.0291. The molecule has 0 saturated heterocycles. The molecule has 0 radical (unpaired) electrons. The van der Waals surface area contributed by atoms with Gasteiger partial charge >= 0.3 is 0 Å². The number of thioether (sulfide) groups is 1. The lowest BCUT2D eigenvalue weighted by Gasteiger charge is -2.14. The zero-order valence-corrected chi connectivity index (χ0v) is 17.2. The molecular formula is C21H25N5OS. The van der Waals surface area contributed by atoms with Crippen molar-refractivity contribution in [2.45, 2.75) is 25.0 Å². The number of anilines is 1. The highest BCUT2D eigenvalue weighted by Crippen LogP contribution is 2.22. The molecule has 0 atom stereocenters. The van der Waals surface area contributed by atoms with E-state index in [1.54, 1.807) is 6.33 Å². The monoisotopic (exact) mass is 395 g/mol. The van der Waals surface area contributed by atoms with Gasteiger partial charge in [-0.1, -0.05) is 49.0 Å². The summed E-state index contributed by atoms with van der Waals surface area (Å²) in [4.78, 5) is 14.3. The Morgan fingerprint density at radius 2 is 2.00 bits per heavy atom. The van der Waals surface area contributed by atoms with Crippen LogP contribution in [0.3, 0.4) is 0 Å². The number of amides is 1. The largest absolute Gasteiger partial charge is 0.378 e. The smallest absolute Gasteiger partial charge is 0.230 e. The van der Waals surface area contributed by atoms with Crippen LogP contribution in [-0.2, 0) is 17.8 Å². The van der Waals surface area contributed by atoms with Crippen molar-refractivity contribution in [2.75, 3.05) is 24.7 Å². The van der Waals surface area contributed by atoms with Crippen LogP contribution in [0.5, 0.6) is 0 Å². The third-order valence-electron chi connectivity index (χ3n) is 4.40. The van der Waals surface area contributed by atoms with Gasteiger partial charge in [0, 0.05) is 26.3 Å². The summed E-state index contributed by atoms with van der Waals surface area (Å²) in [6.45, 7) is 2.63. The summed E-state index contributed by atoms with van der Waals surface area (Å²) in [5, 5.41) is 11.9. The van der Waals surface area contributed by atoms with Crippen molar-refractivity contribution in [2.24, 2.45) is 0 Å². The number of para-hydroxylation sites is 1. The molecule has 28 heavy (non-hydrogen) atoms. The van der Waals surface area contributed by atoms with Crippen LogP contribution in [0, 0.1) is 0 Å². The molecule has 1 amide bonds. The molecule has 1 heterocycles. The third-order valence-corrected chi connectivity index (χ3v) is 5.34. The van der Waals surface area contributed by atoms with E-state index in [4.69, 9.17) is 0 Å². The first kappa shape index (κ1) is 19.9. The van der Waals surface area contributed by atoms with Crippen LogP contribution in [0.15, 0.2) is 60.0 Å². The first-order valence-electron chi connectivity index (χ1n) is 9.22. The molecular weight excluding hydrogens is 370 g/mol. The number of aryl methyl sites for hydroxylation is 1. The van der Waals surface area contributed by atoms with E-state index in [0.29, 0.717) is 17.5 Å². The molecule has 146 valence electrons. The molecule has 3 aromatic rings. The van der Waals surface area contributed by atoms with Gasteiger partial charge in [-0.2, -0.15) is 0 Å². The highest BCUT2D eigenvalue weighted by atomic mass is 32.2. The van der Waals surface area contributed by atoms with Crippen molar-refractivity contribution in [3.8, 4) is 5.69 Å². The maximum atomic E-state index is 12.3. The number of hydrogen-bond acceptors (Lipinski definition) is 5. The second-order valence-electron chi connectivity index (χ2n) is 6.60. The predicted molar refractivity (Wildman–Crippen MR) is 114 cm³/mol. The van der Waals surface area contributed by atoms with Crippen LogP contribution in [-0.4, -0.2) is 40.5 Å². The van der Waals surface area contributed by atoms with Crippen molar-refractivity contribution in [3.63, 3.8) is 0 Å². The lowest BCUT2D eigenvalue weighted by Crippen LogP contribution is -2.24. The maximum absolute atomic E-state index is 12.3. The highest BCUT2D eigenvalue weighted by Gasteiger charge is 2.12. The van der Waals surface area contributed by atoms with E-state index in [-0.39, 0.29) is 5.91 Å². The van der Waals surface area contributed by atoms with Gasteiger partial charge in [-0.3, -0.25) is 9.36 Å². The standard InChI is InChI=1S/C21H25N5OS/c1-4-17-9-5-6-11-19(17)26-15-23-24-21(26)28-14-20(27)22-13-16-8-7-10-18(12-16)25(2)3/h5-12,15H,4,13-14H2,1-3H3,(H,22,27). The molecule has 0 aliphatic heterocycles. The number of nitrogens with one attached hydrogen (secondary N) is 1. The Kier molecular flexibility index (Phi) is 6.71. The van der Waals surface area contributed by atoms with E-state index >= 15 is 0 Å². The lowest BCUT2D eigenvalue weighted by atomic mass is 10.1. The van der Waals surface area contributed by atoms with Gasteiger partial charge in [0.1, 0.15) is 6.33 Å². The van der Waals surface area contributed by atoms with Crippen molar-refractivity contribution in [1.82, 2.24) is 20.1 Å². The molecule has 6 nitrogen and oxygen atoms in total. The Morgan fingerprint density at radius 1 is 1.18 bits per heavy atom. The van der Waals surface area contributed by atoms with Crippen molar-refractivity contribution < 1.29 is 4.79 Å². The summed E-state index contributed by atoms with van der Waals surface area (Å²) in [6.07, 6.45) is 2.62. The fraction of sp³-hybridized carbons (Fsp3) is 0.286. The molecule has 0 fully saturated rings. The topological polar surface area (TPSA) is 63.1 Å². The first-order chi connectivity index (χ1) is 13.6. The summed E-state index contributed by atoms with van der Waals surface area (Å²) in [5.74, 6) is 0.263. The van der Waals surface area contributed by atoms with E-state index in [0.717, 1.165) is 23.4 Å². The predicted octanol–water partition coefficient (Wildman–Crippen LogP) is 3.30. The molecule has 0 bridgehead atoms. The van der Waals surface area contributed by atoms with E-state index in [1.165, 1.54) is 17.3 Å². The van der Waals surface area contributed by atoms with Crippen LogP contribution in [0.2, 0.25) is 0 Å². The normalized spacial score (nSPS) is 10.7. The van der Waals surface area contributed by atoms with Gasteiger partial charge in [0.05, 0.1) is 11.4 Å². The Labute approximate surface area is 170 Å². The van der Waals surface area contributed by atoms with Gasteiger partial charge in [0.2, 0.25) is 5.91 Å². The first-order valence-corrected chi connectivity index (χ1v) is 10.2. The fourth-order valence-electron chi connectivity index (χ4n) is 2.86. The third kappa shape index (κ3) is 4.92. The van der Waals surface area contributed by atoms with Crippen LogP contribution >= 0.6 is 11.8 Å². The molecule has 0 aliphatic rings. The molecule has 1 aromatic heterocycles. The van der Waals surface area contributed by atoms with Gasteiger partial charge in [0.25, 0.3) is 0 Å². The average molecular weight is 396 g/mol. The van der Waals surface area contributed by atoms with Crippen LogP contribution < -0.4 is 10.2 Å². The molecule has 0 spiro atoms. The Balaban J connectivity index is 1.59. The molecule has 0 saturated carbocycles. The fourth-order valence-corrected chi connectivity index (χ4v) is 3.61. The lowest BCUT2D eigenvalue weighted by molar-refractivity contribution is -0.118. The summed E-state index contributed by atoms with van der Waals surface area (Å²) in [6, 6.07) is 16.3. The quantitative estimate of drug-likeness (QED) is 0.593. The van der Waals surface area contributed by atoms with Gasteiger partial charge in [0.15, 0.2) is 5.16 Å². The van der Waals surface area contributed by atoms with Crippen molar-refractivity contribution in [3.05, 3.63) is 66.0 Å². The van der Waals surface area contributed by atoms with E-state index < -0.39 is 0 Å². The summed E-state index contributed by atoms with van der Waals surface area (Å²) < 4.78 is 1.94. The van der Waals surface area contributed by atoms with Crippen LogP contribution in [0.4, 0.5) is 5.69 Å². The average Bonchev–Trinajstić information content (AvgIpc) is 3.19. The Hall–Kier alpha value is -2.80. The van der Waals surface area contributed by atoms with E-state index in [2.05, 4.69) is 34.6 Å². The number of aromatic nitrogens is 3. The second-order valence-corrected chi connectivity index (χ2v) is 7.54. The highest BCUT2D eigenvalue weighted by molar-refractivity contribution is 7.99. The number of hydrogen-bond donors (Lipinski definition) is 1. The maximum Gasteiger partial charge on any atom is 0.230 e. The van der Waals surface area contributed by atoms with E-state index in [1.807, 2.05) is 60.0 Å². The second kappa shape index (κ2) is 9.41. The zero-order valence-electron chi connectivity index (χ0n) is 16.4. The number of benzene rings is 2. The van der Waals surface area contributed by atoms with Gasteiger partial charge in [-0.25, -0.2) is 0 Å². The molecule has 3 rings (SSSR count). The Bertz CT molecular complexity index is 938. The number of nitrogens with zero attached hydrogens (tertiary/aromatic N) is 4. The van der Waals surface area contributed by atoms with Gasteiger partial charge in [-0.05, 0) is 35.7 Å². The number of carbonyl (C=O) groups excluding carboxylic acids is 1. The van der Waals surface area contributed by atoms with Gasteiger partial charge in [-0.15, -0.1) is 10.2 Å².